The smallest absolute Gasteiger partial charge is 0.388 e. The van der Waals surface area contributed by atoms with Gasteiger partial charge in [0.1, 0.15) is 0 Å². The molecular weight excluding hydrogens is 491 g/mol. The summed E-state index contributed by atoms with van der Waals surface area (Å²) in [6.45, 7) is 3.18. The summed E-state index contributed by atoms with van der Waals surface area (Å²) in [5, 5.41) is 10.2. The lowest BCUT2D eigenvalue weighted by atomic mass is 9.81. The van der Waals surface area contributed by atoms with Gasteiger partial charge in [-0.15, -0.1) is 0 Å². The molecule has 0 spiro atoms. The normalized spacial score (nSPS) is 17.6. The average Bonchev–Trinajstić information content (AvgIpc) is 2.70. The van der Waals surface area contributed by atoms with Crippen molar-refractivity contribution in [2.45, 2.75) is 75.0 Å². The Hall–Kier alpha value is -1.73. The van der Waals surface area contributed by atoms with E-state index in [2.05, 4.69) is 0 Å². The lowest BCUT2D eigenvalue weighted by Crippen LogP contribution is -2.71. The largest absolute Gasteiger partial charge is 0.460 e. The van der Waals surface area contributed by atoms with Crippen LogP contribution < -0.4 is 0 Å². The first kappa shape index (κ1) is 29.3. The van der Waals surface area contributed by atoms with E-state index in [1.165, 1.54) is 19.1 Å². The molecule has 3 atom stereocenters. The lowest BCUT2D eigenvalue weighted by Gasteiger charge is -2.42. The maximum Gasteiger partial charge on any atom is 0.460 e. The van der Waals surface area contributed by atoms with Gasteiger partial charge in [-0.3, -0.25) is 0 Å². The molecule has 0 fully saturated rings. The van der Waals surface area contributed by atoms with Crippen LogP contribution in [0.25, 0.3) is 0 Å². The topological polar surface area (TPSA) is 20.2 Å². The van der Waals surface area contributed by atoms with Crippen molar-refractivity contribution in [2.75, 3.05) is 0 Å². The number of alkyl halides is 13. The summed E-state index contributed by atoms with van der Waals surface area (Å²) in [5.74, 6) is -41.2. The van der Waals surface area contributed by atoms with Crippen LogP contribution in [0.15, 0.2) is 24.3 Å². The van der Waals surface area contributed by atoms with E-state index < -0.39 is 59.3 Å². The van der Waals surface area contributed by atoms with Crippen LogP contribution in [0.2, 0.25) is 0 Å². The van der Waals surface area contributed by atoms with Gasteiger partial charge in [-0.1, -0.05) is 45.0 Å². The molecule has 14 heteroatoms. The second-order valence-electron chi connectivity index (χ2n) is 7.59. The number of benzene rings is 1. The fraction of sp³-hybridized carbons (Fsp3) is 0.684. The molecule has 0 aliphatic carbocycles. The summed E-state index contributed by atoms with van der Waals surface area (Å²) in [4.78, 5) is 0. The SMILES string of the molecule is CCC(C)c1ccccc1C(O)C(C)C(F)(F)C(F)(F)C(F)(F)C(F)(F)C(F)(F)C(F)(F)F. The Morgan fingerprint density at radius 1 is 0.667 bits per heavy atom. The van der Waals surface area contributed by atoms with E-state index in [4.69, 9.17) is 0 Å². The van der Waals surface area contributed by atoms with Crippen LogP contribution in [-0.4, -0.2) is 40.9 Å². The molecule has 0 radical (unpaired) electrons. The maximum absolute atomic E-state index is 14.4. The van der Waals surface area contributed by atoms with Crippen molar-refractivity contribution < 1.29 is 62.2 Å². The van der Waals surface area contributed by atoms with E-state index in [9.17, 15) is 62.2 Å². The number of hydrogen-bond donors (Lipinski definition) is 1. The minimum absolute atomic E-state index is 0.0437. The zero-order valence-electron chi connectivity index (χ0n) is 17.1. The summed E-state index contributed by atoms with van der Waals surface area (Å²) < 4.78 is 174. The van der Waals surface area contributed by atoms with Crippen LogP contribution in [0.3, 0.4) is 0 Å². The highest BCUT2D eigenvalue weighted by molar-refractivity contribution is 5.33. The van der Waals surface area contributed by atoms with Crippen LogP contribution in [0.4, 0.5) is 57.1 Å². The Labute approximate surface area is 179 Å². The second-order valence-corrected chi connectivity index (χ2v) is 7.59. The van der Waals surface area contributed by atoms with Crippen molar-refractivity contribution in [3.63, 3.8) is 0 Å². The highest BCUT2D eigenvalue weighted by Gasteiger charge is 2.91. The molecule has 0 heterocycles. The highest BCUT2D eigenvalue weighted by atomic mass is 19.4. The fourth-order valence-electron chi connectivity index (χ4n) is 2.98. The van der Waals surface area contributed by atoms with Crippen LogP contribution in [0, 0.1) is 5.92 Å². The van der Waals surface area contributed by atoms with Gasteiger partial charge >= 0.3 is 35.8 Å². The highest BCUT2D eigenvalue weighted by Crippen LogP contribution is 2.62. The average molecular weight is 510 g/mol. The second kappa shape index (κ2) is 8.81. The van der Waals surface area contributed by atoms with Gasteiger partial charge in [0.25, 0.3) is 0 Å². The molecule has 0 aliphatic heterocycles. The number of hydrogen-bond acceptors (Lipinski definition) is 1. The summed E-state index contributed by atoms with van der Waals surface area (Å²) in [7, 11) is 0. The molecule has 0 bridgehead atoms. The Bertz CT molecular complexity index is 816. The van der Waals surface area contributed by atoms with E-state index in [1.54, 1.807) is 6.92 Å². The standard InChI is InChI=1S/C19H19F13O/c1-4-9(2)11-7-5-6-8-12(11)13(33)10(3)14(20,21)15(22,23)16(24,25)17(26,27)18(28,29)19(30,31)32/h5-10,13,33H,4H2,1-3H3. The zero-order chi connectivity index (χ0) is 26.4. The van der Waals surface area contributed by atoms with Gasteiger partial charge in [0.05, 0.1) is 12.0 Å². The third kappa shape index (κ3) is 4.39. The van der Waals surface area contributed by atoms with Gasteiger partial charge in [0, 0.05) is 0 Å². The molecule has 1 N–H and O–H groups in total. The van der Waals surface area contributed by atoms with Gasteiger partial charge in [-0.05, 0) is 23.5 Å². The molecule has 3 unspecified atom stereocenters. The Morgan fingerprint density at radius 3 is 1.45 bits per heavy atom. The molecule has 1 nitrogen and oxygen atoms in total. The van der Waals surface area contributed by atoms with Crippen LogP contribution in [-0.2, 0) is 0 Å². The molecule has 0 saturated carbocycles. The van der Waals surface area contributed by atoms with E-state index in [1.807, 2.05) is 0 Å². The third-order valence-corrected chi connectivity index (χ3v) is 5.46. The molecule has 192 valence electrons. The first-order valence-electron chi connectivity index (χ1n) is 9.26. The van der Waals surface area contributed by atoms with Gasteiger partial charge in [0.2, 0.25) is 0 Å². The van der Waals surface area contributed by atoms with Gasteiger partial charge in [-0.2, -0.15) is 57.1 Å². The summed E-state index contributed by atoms with van der Waals surface area (Å²) >= 11 is 0. The van der Waals surface area contributed by atoms with Crippen LogP contribution in [0.5, 0.6) is 0 Å². The fourth-order valence-corrected chi connectivity index (χ4v) is 2.98. The zero-order valence-corrected chi connectivity index (χ0v) is 17.1. The summed E-state index contributed by atoms with van der Waals surface area (Å²) in [6, 6.07) is 4.76. The molecule has 1 aromatic carbocycles. The van der Waals surface area contributed by atoms with Crippen molar-refractivity contribution in [3.05, 3.63) is 35.4 Å². The quantitative estimate of drug-likeness (QED) is 0.339. The Morgan fingerprint density at radius 2 is 1.06 bits per heavy atom. The van der Waals surface area contributed by atoms with E-state index in [-0.39, 0.29) is 12.5 Å². The molecule has 0 saturated heterocycles. The molecule has 0 aliphatic rings. The van der Waals surface area contributed by atoms with Gasteiger partial charge in [0.15, 0.2) is 0 Å². The lowest BCUT2D eigenvalue weighted by molar-refractivity contribution is -0.444. The monoisotopic (exact) mass is 510 g/mol. The Kier molecular flexibility index (Phi) is 7.82. The minimum atomic E-state index is -7.97. The predicted octanol–water partition coefficient (Wildman–Crippen LogP) is 7.61. The summed E-state index contributed by atoms with van der Waals surface area (Å²) in [6.07, 6.45) is -9.84. The number of aliphatic hydroxyl groups is 1. The third-order valence-electron chi connectivity index (χ3n) is 5.46. The molecule has 1 rings (SSSR count). The van der Waals surface area contributed by atoms with E-state index in [0.717, 1.165) is 12.1 Å². The van der Waals surface area contributed by atoms with Crippen molar-refractivity contribution in [1.82, 2.24) is 0 Å². The molecule has 1 aromatic rings. The number of aliphatic hydroxyl groups excluding tert-OH is 1. The Balaban J connectivity index is 3.55. The van der Waals surface area contributed by atoms with Crippen molar-refractivity contribution in [3.8, 4) is 0 Å². The van der Waals surface area contributed by atoms with Crippen molar-refractivity contribution >= 4 is 0 Å². The minimum Gasteiger partial charge on any atom is -0.388 e. The predicted molar refractivity (Wildman–Crippen MR) is 90.1 cm³/mol. The summed E-state index contributed by atoms with van der Waals surface area (Å²) in [5.41, 5.74) is -0.357. The molecular formula is C19H19F13O. The van der Waals surface area contributed by atoms with E-state index >= 15 is 0 Å². The first-order valence-corrected chi connectivity index (χ1v) is 9.26. The van der Waals surface area contributed by atoms with Gasteiger partial charge in [-0.25, -0.2) is 0 Å². The number of rotatable bonds is 9. The van der Waals surface area contributed by atoms with Crippen molar-refractivity contribution in [1.29, 1.82) is 0 Å². The maximum atomic E-state index is 14.4. The van der Waals surface area contributed by atoms with Crippen molar-refractivity contribution in [2.24, 2.45) is 5.92 Å². The van der Waals surface area contributed by atoms with Crippen LogP contribution >= 0.6 is 0 Å². The molecule has 33 heavy (non-hydrogen) atoms. The van der Waals surface area contributed by atoms with E-state index in [0.29, 0.717) is 6.42 Å². The molecule has 0 amide bonds. The van der Waals surface area contributed by atoms with Crippen LogP contribution in [0.1, 0.15) is 50.3 Å². The number of halogens is 13. The molecule has 0 aromatic heterocycles. The first-order chi connectivity index (χ1) is 14.5. The van der Waals surface area contributed by atoms with Gasteiger partial charge < -0.3 is 5.11 Å².